The van der Waals surface area contributed by atoms with Gasteiger partial charge in [-0.2, -0.15) is 0 Å². The van der Waals surface area contributed by atoms with Crippen LogP contribution < -0.4 is 19.5 Å². The molecule has 2 N–H and O–H groups in total. The first-order chi connectivity index (χ1) is 13.0. The van der Waals surface area contributed by atoms with Gasteiger partial charge in [-0.05, 0) is 45.0 Å². The van der Waals surface area contributed by atoms with Gasteiger partial charge in [-0.15, -0.1) is 0 Å². The lowest BCUT2D eigenvalue weighted by atomic mass is 10.1. The van der Waals surface area contributed by atoms with Gasteiger partial charge in [-0.3, -0.25) is 10.1 Å². The van der Waals surface area contributed by atoms with Crippen molar-refractivity contribution in [3.8, 4) is 11.5 Å². The highest BCUT2D eigenvalue weighted by Crippen LogP contribution is 2.34. The second-order valence-corrected chi connectivity index (χ2v) is 8.67. The van der Waals surface area contributed by atoms with Gasteiger partial charge in [0.1, 0.15) is 5.69 Å². The molecule has 0 amide bonds. The van der Waals surface area contributed by atoms with Crippen LogP contribution in [-0.4, -0.2) is 33.1 Å². The van der Waals surface area contributed by atoms with Crippen molar-refractivity contribution in [2.75, 3.05) is 19.5 Å². The van der Waals surface area contributed by atoms with E-state index in [2.05, 4.69) is 10.0 Å². The lowest BCUT2D eigenvalue weighted by Gasteiger charge is -2.20. The van der Waals surface area contributed by atoms with Gasteiger partial charge in [0.05, 0.1) is 24.0 Å². The summed E-state index contributed by atoms with van der Waals surface area (Å²) in [5.74, 6) is 0.959. The van der Waals surface area contributed by atoms with Gasteiger partial charge in [0, 0.05) is 23.4 Å². The fourth-order valence-electron chi connectivity index (χ4n) is 2.47. The second kappa shape index (κ2) is 8.03. The summed E-state index contributed by atoms with van der Waals surface area (Å²) in [6.45, 7) is 5.06. The lowest BCUT2D eigenvalue weighted by molar-refractivity contribution is -0.384. The molecule has 0 spiro atoms. The van der Waals surface area contributed by atoms with Gasteiger partial charge in [0.25, 0.3) is 5.69 Å². The molecule has 2 rings (SSSR count). The molecule has 0 saturated heterocycles. The van der Waals surface area contributed by atoms with Crippen LogP contribution >= 0.6 is 0 Å². The summed E-state index contributed by atoms with van der Waals surface area (Å²) in [6, 6.07) is 8.62. The fraction of sp³-hybridized carbons (Fsp3) is 0.333. The Morgan fingerprint density at radius 1 is 1.00 bits per heavy atom. The van der Waals surface area contributed by atoms with Crippen LogP contribution in [0.15, 0.2) is 41.3 Å². The third-order valence-corrected chi connectivity index (χ3v) is 5.33. The Bertz CT molecular complexity index is 983. The minimum atomic E-state index is -3.90. The number of nitro benzene ring substituents is 1. The van der Waals surface area contributed by atoms with Crippen LogP contribution in [0.4, 0.5) is 17.1 Å². The molecule has 0 unspecified atom stereocenters. The summed E-state index contributed by atoms with van der Waals surface area (Å²) < 4.78 is 37.8. The largest absolute Gasteiger partial charge is 0.493 e. The second-order valence-electron chi connectivity index (χ2n) is 6.99. The molecule has 0 radical (unpaired) electrons. The van der Waals surface area contributed by atoms with Gasteiger partial charge in [-0.1, -0.05) is 0 Å². The quantitative estimate of drug-likeness (QED) is 0.531. The molecule has 0 aliphatic heterocycles. The molecule has 152 valence electrons. The summed E-state index contributed by atoms with van der Waals surface area (Å²) in [5, 5.41) is 14.4. The number of methoxy groups -OCH3 is 2. The normalized spacial score (nSPS) is 11.8. The minimum absolute atomic E-state index is 0.145. The van der Waals surface area contributed by atoms with Crippen LogP contribution in [0.1, 0.15) is 20.8 Å². The predicted molar refractivity (Wildman–Crippen MR) is 106 cm³/mol. The standard InChI is InChI=1S/C18H23N3O6S/c1-18(2,3)20-28(24,25)13-7-8-14(15(11-13)21(22)23)19-12-6-9-16(26-4)17(10-12)27-5/h6-11,19-20H,1-5H3. The maximum Gasteiger partial charge on any atom is 0.294 e. The summed E-state index contributed by atoms with van der Waals surface area (Å²) in [4.78, 5) is 10.7. The van der Waals surface area contributed by atoms with Gasteiger partial charge < -0.3 is 14.8 Å². The van der Waals surface area contributed by atoms with Gasteiger partial charge in [-0.25, -0.2) is 13.1 Å². The minimum Gasteiger partial charge on any atom is -0.493 e. The Balaban J connectivity index is 2.43. The van der Waals surface area contributed by atoms with Gasteiger partial charge in [0.2, 0.25) is 10.0 Å². The van der Waals surface area contributed by atoms with E-state index in [1.165, 1.54) is 26.4 Å². The number of nitrogens with zero attached hydrogens (tertiary/aromatic N) is 1. The molecular weight excluding hydrogens is 386 g/mol. The maximum absolute atomic E-state index is 12.5. The summed E-state index contributed by atoms with van der Waals surface area (Å²) in [5.41, 5.74) is -0.424. The molecule has 2 aromatic rings. The van der Waals surface area contributed by atoms with Gasteiger partial charge >= 0.3 is 0 Å². The first kappa shape index (κ1) is 21.5. The SMILES string of the molecule is COc1ccc(Nc2ccc(S(=O)(=O)NC(C)(C)C)cc2[N+](=O)[O-])cc1OC. The molecule has 0 aromatic heterocycles. The summed E-state index contributed by atoms with van der Waals surface area (Å²) in [6.07, 6.45) is 0. The molecule has 2 aromatic carbocycles. The molecule has 0 aliphatic rings. The molecule has 0 fully saturated rings. The summed E-state index contributed by atoms with van der Waals surface area (Å²) in [7, 11) is -0.923. The smallest absolute Gasteiger partial charge is 0.294 e. The Kier molecular flexibility index (Phi) is 6.15. The Morgan fingerprint density at radius 3 is 2.18 bits per heavy atom. The van der Waals surface area contributed by atoms with Crippen LogP contribution in [0.25, 0.3) is 0 Å². The van der Waals surface area contributed by atoms with Crippen molar-refractivity contribution in [1.82, 2.24) is 4.72 Å². The number of benzene rings is 2. The zero-order valence-corrected chi connectivity index (χ0v) is 17.1. The molecule has 0 bridgehead atoms. The average Bonchev–Trinajstić information content (AvgIpc) is 2.59. The first-order valence-corrected chi connectivity index (χ1v) is 9.76. The number of anilines is 2. The number of rotatable bonds is 7. The van der Waals surface area contributed by atoms with E-state index in [-0.39, 0.29) is 16.3 Å². The topological polar surface area (TPSA) is 120 Å². The van der Waals surface area contributed by atoms with E-state index in [1.54, 1.807) is 39.0 Å². The van der Waals surface area contributed by atoms with Crippen molar-refractivity contribution in [3.63, 3.8) is 0 Å². The molecule has 0 saturated carbocycles. The maximum atomic E-state index is 12.5. The third-order valence-electron chi connectivity index (χ3n) is 3.58. The van der Waals surface area contributed by atoms with E-state index >= 15 is 0 Å². The number of nitrogens with one attached hydrogen (secondary N) is 2. The van der Waals surface area contributed by atoms with Crippen molar-refractivity contribution in [2.45, 2.75) is 31.2 Å². The Labute approximate surface area is 163 Å². The highest BCUT2D eigenvalue weighted by atomic mass is 32.2. The molecule has 0 atom stereocenters. The van der Waals surface area contributed by atoms with E-state index in [1.807, 2.05) is 0 Å². The first-order valence-electron chi connectivity index (χ1n) is 8.28. The van der Waals surface area contributed by atoms with E-state index in [0.29, 0.717) is 17.2 Å². The van der Waals surface area contributed by atoms with Crippen molar-refractivity contribution in [2.24, 2.45) is 0 Å². The molecule has 0 aliphatic carbocycles. The number of sulfonamides is 1. The van der Waals surface area contributed by atoms with Gasteiger partial charge in [0.15, 0.2) is 11.5 Å². The van der Waals surface area contributed by atoms with Crippen molar-refractivity contribution < 1.29 is 22.8 Å². The van der Waals surface area contributed by atoms with E-state index in [0.717, 1.165) is 6.07 Å². The average molecular weight is 409 g/mol. The van der Waals surface area contributed by atoms with Crippen LogP contribution in [0, 0.1) is 10.1 Å². The Hall–Kier alpha value is -2.85. The van der Waals surface area contributed by atoms with Crippen molar-refractivity contribution in [3.05, 3.63) is 46.5 Å². The summed E-state index contributed by atoms with van der Waals surface area (Å²) >= 11 is 0. The molecule has 9 nitrogen and oxygen atoms in total. The van der Waals surface area contributed by atoms with E-state index in [4.69, 9.17) is 9.47 Å². The number of ether oxygens (including phenoxy) is 2. The van der Waals surface area contributed by atoms with Crippen molar-refractivity contribution >= 4 is 27.1 Å². The molecular formula is C18H23N3O6S. The predicted octanol–water partition coefficient (Wildman–Crippen LogP) is 3.43. The van der Waals surface area contributed by atoms with Crippen LogP contribution in [0.3, 0.4) is 0 Å². The number of hydrogen-bond donors (Lipinski definition) is 2. The lowest BCUT2D eigenvalue weighted by Crippen LogP contribution is -2.40. The van der Waals surface area contributed by atoms with Crippen LogP contribution in [-0.2, 0) is 10.0 Å². The number of nitro groups is 1. The zero-order valence-electron chi connectivity index (χ0n) is 16.3. The van der Waals surface area contributed by atoms with E-state index in [9.17, 15) is 18.5 Å². The monoisotopic (exact) mass is 409 g/mol. The highest BCUT2D eigenvalue weighted by molar-refractivity contribution is 7.89. The molecule has 10 heteroatoms. The number of hydrogen-bond acceptors (Lipinski definition) is 7. The molecule has 28 heavy (non-hydrogen) atoms. The molecule has 0 heterocycles. The third kappa shape index (κ3) is 5.11. The van der Waals surface area contributed by atoms with Crippen LogP contribution in [0.5, 0.6) is 11.5 Å². The highest BCUT2D eigenvalue weighted by Gasteiger charge is 2.25. The zero-order chi connectivity index (χ0) is 21.1. The Morgan fingerprint density at radius 2 is 1.64 bits per heavy atom. The van der Waals surface area contributed by atoms with Crippen molar-refractivity contribution in [1.29, 1.82) is 0 Å². The van der Waals surface area contributed by atoms with E-state index < -0.39 is 20.5 Å². The fourth-order valence-corrected chi connectivity index (χ4v) is 3.90. The van der Waals surface area contributed by atoms with Crippen LogP contribution in [0.2, 0.25) is 0 Å².